The summed E-state index contributed by atoms with van der Waals surface area (Å²) in [7, 11) is 0. The molecule has 2 aromatic rings. The molecule has 1 heterocycles. The van der Waals surface area contributed by atoms with Crippen LogP contribution in [0.25, 0.3) is 0 Å². The maximum absolute atomic E-state index is 11.7. The molecule has 0 aliphatic rings. The number of anilines is 1. The van der Waals surface area contributed by atoms with Crippen LogP contribution in [0, 0.1) is 5.92 Å². The fourth-order valence-corrected chi connectivity index (χ4v) is 2.59. The average Bonchev–Trinajstić information content (AvgIpc) is 2.54. The third-order valence-electron chi connectivity index (χ3n) is 2.93. The summed E-state index contributed by atoms with van der Waals surface area (Å²) in [6.45, 7) is 1.81. The van der Waals surface area contributed by atoms with E-state index in [2.05, 4.69) is 16.4 Å². The zero-order chi connectivity index (χ0) is 15.1. The van der Waals surface area contributed by atoms with Gasteiger partial charge in [0.2, 0.25) is 5.91 Å². The van der Waals surface area contributed by atoms with E-state index in [-0.39, 0.29) is 11.8 Å². The Balaban J connectivity index is 1.88. The molecule has 0 aliphatic heterocycles. The highest BCUT2D eigenvalue weighted by Crippen LogP contribution is 2.24. The summed E-state index contributed by atoms with van der Waals surface area (Å²) >= 11 is 7.41. The van der Waals surface area contributed by atoms with Crippen molar-refractivity contribution < 1.29 is 4.79 Å². The van der Waals surface area contributed by atoms with E-state index >= 15 is 0 Å². The summed E-state index contributed by atoms with van der Waals surface area (Å²) in [6.07, 6.45) is 3.64. The van der Waals surface area contributed by atoms with Gasteiger partial charge in [0.05, 0.1) is 0 Å². The molecule has 1 unspecified atom stereocenters. The second-order valence-electron chi connectivity index (χ2n) is 4.72. The molecule has 0 saturated carbocycles. The van der Waals surface area contributed by atoms with Gasteiger partial charge in [-0.1, -0.05) is 13.0 Å². The van der Waals surface area contributed by atoms with E-state index in [9.17, 15) is 4.79 Å². The van der Waals surface area contributed by atoms with Crippen molar-refractivity contribution in [2.45, 2.75) is 17.6 Å². The number of benzene rings is 1. The predicted molar refractivity (Wildman–Crippen MR) is 88.8 cm³/mol. The average molecular weight is 321 g/mol. The number of amides is 1. The van der Waals surface area contributed by atoms with Crippen LogP contribution in [0.2, 0.25) is 0 Å². The fraction of sp³-hybridized carbons (Fsp3) is 0.250. The minimum atomic E-state index is -0.189. The van der Waals surface area contributed by atoms with Crippen molar-refractivity contribution in [3.05, 3.63) is 54.4 Å². The third kappa shape index (κ3) is 5.06. The van der Waals surface area contributed by atoms with E-state index in [0.717, 1.165) is 16.3 Å². The number of carbonyl (C=O) groups excluding carboxylic acids is 1. The molecule has 1 amide bonds. The van der Waals surface area contributed by atoms with Crippen LogP contribution in [0.15, 0.2) is 53.7 Å². The summed E-state index contributed by atoms with van der Waals surface area (Å²) in [5.74, 6) is 0.959. The Bertz CT molecular complexity index is 575. The van der Waals surface area contributed by atoms with Gasteiger partial charge in [-0.3, -0.25) is 9.78 Å². The first-order chi connectivity index (χ1) is 10.2. The van der Waals surface area contributed by atoms with Crippen LogP contribution in [0.5, 0.6) is 0 Å². The zero-order valence-corrected chi connectivity index (χ0v) is 13.3. The largest absolute Gasteiger partial charge is 0.326 e. The van der Waals surface area contributed by atoms with Gasteiger partial charge in [-0.05, 0) is 35.9 Å². The van der Waals surface area contributed by atoms with Gasteiger partial charge < -0.3 is 5.32 Å². The minimum absolute atomic E-state index is 0.0548. The van der Waals surface area contributed by atoms with Crippen molar-refractivity contribution in [2.75, 3.05) is 11.2 Å². The SMILES string of the molecule is CC(CCl)C(=O)Nc1ccc(SCc2cccnc2)cc1. The normalized spacial score (nSPS) is 11.9. The number of pyridine rings is 1. The fourth-order valence-electron chi connectivity index (χ4n) is 1.62. The molecule has 0 fully saturated rings. The molecule has 110 valence electrons. The summed E-state index contributed by atoms with van der Waals surface area (Å²) < 4.78 is 0. The topological polar surface area (TPSA) is 42.0 Å². The van der Waals surface area contributed by atoms with Crippen molar-refractivity contribution in [3.8, 4) is 0 Å². The second-order valence-corrected chi connectivity index (χ2v) is 6.08. The number of nitrogens with one attached hydrogen (secondary N) is 1. The van der Waals surface area contributed by atoms with E-state index in [1.54, 1.807) is 24.9 Å². The lowest BCUT2D eigenvalue weighted by atomic mass is 10.2. The Labute approximate surface area is 134 Å². The van der Waals surface area contributed by atoms with Gasteiger partial charge in [0.1, 0.15) is 0 Å². The van der Waals surface area contributed by atoms with Gasteiger partial charge >= 0.3 is 0 Å². The zero-order valence-electron chi connectivity index (χ0n) is 11.8. The number of halogens is 1. The summed E-state index contributed by atoms with van der Waals surface area (Å²) in [6, 6.07) is 11.8. The molecule has 3 nitrogen and oxygen atoms in total. The molecular formula is C16H17ClN2OS. The van der Waals surface area contributed by atoms with E-state index in [0.29, 0.717) is 5.88 Å². The molecule has 1 aromatic carbocycles. The molecule has 0 saturated heterocycles. The van der Waals surface area contributed by atoms with Gasteiger partial charge in [-0.15, -0.1) is 23.4 Å². The van der Waals surface area contributed by atoms with Gasteiger partial charge in [0, 0.05) is 40.5 Å². The number of carbonyl (C=O) groups is 1. The first-order valence-electron chi connectivity index (χ1n) is 6.67. The minimum Gasteiger partial charge on any atom is -0.326 e. The highest BCUT2D eigenvalue weighted by atomic mass is 35.5. The third-order valence-corrected chi connectivity index (χ3v) is 4.48. The highest BCUT2D eigenvalue weighted by Gasteiger charge is 2.11. The Morgan fingerprint density at radius 1 is 1.33 bits per heavy atom. The summed E-state index contributed by atoms with van der Waals surface area (Å²) in [5, 5.41) is 2.85. The van der Waals surface area contributed by atoms with Crippen LogP contribution >= 0.6 is 23.4 Å². The highest BCUT2D eigenvalue weighted by molar-refractivity contribution is 7.98. The van der Waals surface area contributed by atoms with E-state index in [4.69, 9.17) is 11.6 Å². The van der Waals surface area contributed by atoms with E-state index < -0.39 is 0 Å². The number of aromatic nitrogens is 1. The molecule has 5 heteroatoms. The maximum atomic E-state index is 11.7. The number of thioether (sulfide) groups is 1. The lowest BCUT2D eigenvalue weighted by Gasteiger charge is -2.09. The van der Waals surface area contributed by atoms with Gasteiger partial charge in [-0.2, -0.15) is 0 Å². The second kappa shape index (κ2) is 8.05. The van der Waals surface area contributed by atoms with Crippen LogP contribution in [-0.2, 0) is 10.5 Å². The molecule has 0 radical (unpaired) electrons. The molecule has 0 spiro atoms. The van der Waals surface area contributed by atoms with Crippen LogP contribution in [0.4, 0.5) is 5.69 Å². The van der Waals surface area contributed by atoms with Crippen molar-refractivity contribution in [1.82, 2.24) is 4.98 Å². The quantitative estimate of drug-likeness (QED) is 0.641. The smallest absolute Gasteiger partial charge is 0.228 e. The van der Waals surface area contributed by atoms with Crippen LogP contribution in [0.1, 0.15) is 12.5 Å². The molecule has 1 N–H and O–H groups in total. The standard InChI is InChI=1S/C16H17ClN2OS/c1-12(9-17)16(20)19-14-4-6-15(7-5-14)21-11-13-3-2-8-18-10-13/h2-8,10,12H,9,11H2,1H3,(H,19,20). The predicted octanol–water partition coefficient (Wildman–Crippen LogP) is 4.19. The molecule has 1 atom stereocenters. The van der Waals surface area contributed by atoms with Crippen LogP contribution < -0.4 is 5.32 Å². The number of alkyl halides is 1. The van der Waals surface area contributed by atoms with Crippen LogP contribution in [0.3, 0.4) is 0 Å². The maximum Gasteiger partial charge on any atom is 0.228 e. The number of nitrogens with zero attached hydrogens (tertiary/aromatic N) is 1. The Hall–Kier alpha value is -1.52. The number of hydrogen-bond acceptors (Lipinski definition) is 3. The van der Waals surface area contributed by atoms with Crippen molar-refractivity contribution in [3.63, 3.8) is 0 Å². The first-order valence-corrected chi connectivity index (χ1v) is 8.19. The van der Waals surface area contributed by atoms with E-state index in [1.165, 1.54) is 5.56 Å². The summed E-state index contributed by atoms with van der Waals surface area (Å²) in [4.78, 5) is 17.0. The van der Waals surface area contributed by atoms with Gasteiger partial charge in [-0.25, -0.2) is 0 Å². The van der Waals surface area contributed by atoms with Crippen molar-refractivity contribution in [1.29, 1.82) is 0 Å². The summed E-state index contributed by atoms with van der Waals surface area (Å²) in [5.41, 5.74) is 1.98. The van der Waals surface area contributed by atoms with Crippen molar-refractivity contribution in [2.24, 2.45) is 5.92 Å². The molecular weight excluding hydrogens is 304 g/mol. The monoisotopic (exact) mass is 320 g/mol. The van der Waals surface area contributed by atoms with Crippen LogP contribution in [-0.4, -0.2) is 16.8 Å². The molecule has 0 aliphatic carbocycles. The van der Waals surface area contributed by atoms with Crippen molar-refractivity contribution >= 4 is 35.0 Å². The number of rotatable bonds is 6. The van der Waals surface area contributed by atoms with E-state index in [1.807, 2.05) is 36.5 Å². The Kier molecular flexibility index (Phi) is 6.08. The molecule has 21 heavy (non-hydrogen) atoms. The molecule has 0 bridgehead atoms. The lowest BCUT2D eigenvalue weighted by molar-refractivity contribution is -0.118. The Morgan fingerprint density at radius 2 is 2.10 bits per heavy atom. The molecule has 2 rings (SSSR count). The Morgan fingerprint density at radius 3 is 2.71 bits per heavy atom. The molecule has 1 aromatic heterocycles. The van der Waals surface area contributed by atoms with Gasteiger partial charge in [0.15, 0.2) is 0 Å². The lowest BCUT2D eigenvalue weighted by Crippen LogP contribution is -2.21. The van der Waals surface area contributed by atoms with Gasteiger partial charge in [0.25, 0.3) is 0 Å². The number of hydrogen-bond donors (Lipinski definition) is 1. The first kappa shape index (κ1) is 15.9.